The van der Waals surface area contributed by atoms with Gasteiger partial charge in [-0.3, -0.25) is 0 Å². The van der Waals surface area contributed by atoms with Gasteiger partial charge in [0, 0.05) is 23.9 Å². The number of rotatable bonds is 0. The van der Waals surface area contributed by atoms with Crippen molar-refractivity contribution in [2.45, 2.75) is 0 Å². The third kappa shape index (κ3) is 10.8. The smallest absolute Gasteiger partial charge is 0 e. The summed E-state index contributed by atoms with van der Waals surface area (Å²) in [6, 6.07) is 0. The predicted molar refractivity (Wildman–Crippen MR) is 12.9 cm³/mol. The van der Waals surface area contributed by atoms with Gasteiger partial charge in [0.15, 0.2) is 0 Å². The fourth-order valence-electron chi connectivity index (χ4n) is 0. The van der Waals surface area contributed by atoms with Crippen LogP contribution < -0.4 is 0 Å². The third-order valence-electron chi connectivity index (χ3n) is 0. The molecule has 0 aliphatic carbocycles. The minimum absolute atomic E-state index is 0. The maximum absolute atomic E-state index is 8.54. The van der Waals surface area contributed by atoms with Crippen molar-refractivity contribution in [2.75, 3.05) is 0 Å². The van der Waals surface area contributed by atoms with Crippen LogP contribution in [0.15, 0.2) is 0 Å². The van der Waals surface area contributed by atoms with Crippen molar-refractivity contribution in [1.29, 1.82) is 0 Å². The van der Waals surface area contributed by atoms with E-state index in [0.717, 1.165) is 0 Å². The van der Waals surface area contributed by atoms with Crippen LogP contribution in [-0.4, -0.2) is 45.0 Å². The largest absolute Gasteiger partial charge is 0 e. The van der Waals surface area contributed by atoms with Gasteiger partial charge < -0.3 is 0 Å². The monoisotopic (exact) mass is 272 g/mol. The molecule has 0 aliphatic rings. The Labute approximate surface area is 50.9 Å². The first kappa shape index (κ1) is 8.96. The first-order valence-electron chi connectivity index (χ1n) is 0.408. The van der Waals surface area contributed by atoms with E-state index < -0.39 is 21.1 Å². The second kappa shape index (κ2) is 8.89. The minimum atomic E-state index is -2.27. The zero-order valence-corrected chi connectivity index (χ0v) is 7.52. The quantitative estimate of drug-likeness (QED) is 0.529. The Morgan fingerprint density at radius 1 is 1.25 bits per heavy atom. The Bertz CT molecular complexity index is 25.0. The van der Waals surface area contributed by atoms with Crippen LogP contribution in [0.1, 0.15) is 0 Å². The van der Waals surface area contributed by atoms with Gasteiger partial charge in [-0.25, -0.2) is 0 Å². The summed E-state index contributed by atoms with van der Waals surface area (Å²) in [5.41, 5.74) is 0. The standard InChI is InChI=1S/2O.2Sn. The molecule has 4 heteroatoms. The molecule has 0 unspecified atom stereocenters. The maximum atomic E-state index is 8.54. The van der Waals surface area contributed by atoms with Gasteiger partial charge >= 0.3 is 27.3 Å². The fourth-order valence-corrected chi connectivity index (χ4v) is 0. The summed E-state index contributed by atoms with van der Waals surface area (Å²) in [6.45, 7) is 0. The predicted octanol–water partition coefficient (Wildman–Crippen LogP) is -0.999. The van der Waals surface area contributed by atoms with E-state index in [1.54, 1.807) is 0 Å². The van der Waals surface area contributed by atoms with E-state index in [1.807, 2.05) is 0 Å². The summed E-state index contributed by atoms with van der Waals surface area (Å²) >= 11 is -2.27. The molecule has 0 saturated carbocycles. The molecule has 0 N–H and O–H groups in total. The van der Waals surface area contributed by atoms with Gasteiger partial charge in [0.05, 0.1) is 0 Å². The van der Waals surface area contributed by atoms with E-state index in [-0.39, 0.29) is 23.9 Å². The zero-order valence-electron chi connectivity index (χ0n) is 1.82. The van der Waals surface area contributed by atoms with Crippen LogP contribution in [0.5, 0.6) is 0 Å². The average Bonchev–Trinajstić information content (AvgIpc) is 0.918. The van der Waals surface area contributed by atoms with Gasteiger partial charge in [-0.05, 0) is 0 Å². The Morgan fingerprint density at radius 3 is 1.25 bits per heavy atom. The summed E-state index contributed by atoms with van der Waals surface area (Å²) in [6.07, 6.45) is 0. The van der Waals surface area contributed by atoms with E-state index in [4.69, 9.17) is 6.15 Å². The Balaban J connectivity index is 0. The minimum Gasteiger partial charge on any atom is 0 e. The molecule has 4 radical (unpaired) electrons. The maximum Gasteiger partial charge on any atom is 0 e. The SMILES string of the molecule is [O]=[Sn]=[O].[Sn]. The van der Waals surface area contributed by atoms with Gasteiger partial charge in [-0.1, -0.05) is 0 Å². The molecule has 0 heterocycles. The van der Waals surface area contributed by atoms with Crippen molar-refractivity contribution >= 4 is 45.0 Å². The van der Waals surface area contributed by atoms with Crippen LogP contribution in [0.3, 0.4) is 0 Å². The molecule has 0 fully saturated rings. The summed E-state index contributed by atoms with van der Waals surface area (Å²) in [7, 11) is 0. The molecule has 2 nitrogen and oxygen atoms in total. The summed E-state index contributed by atoms with van der Waals surface area (Å²) in [4.78, 5) is 0. The number of hydrogen-bond donors (Lipinski definition) is 0. The van der Waals surface area contributed by atoms with Gasteiger partial charge in [-0.2, -0.15) is 0 Å². The van der Waals surface area contributed by atoms with E-state index in [9.17, 15) is 0 Å². The Hall–Kier alpha value is 1.20. The molecule has 0 saturated heterocycles. The number of hydrogen-bond acceptors (Lipinski definition) is 2. The van der Waals surface area contributed by atoms with E-state index in [1.165, 1.54) is 0 Å². The Morgan fingerprint density at radius 2 is 1.25 bits per heavy atom. The average molecular weight is 269 g/mol. The van der Waals surface area contributed by atoms with Crippen LogP contribution in [0.2, 0.25) is 0 Å². The van der Waals surface area contributed by atoms with Crippen molar-refractivity contribution in [1.82, 2.24) is 0 Å². The van der Waals surface area contributed by atoms with E-state index in [0.29, 0.717) is 0 Å². The van der Waals surface area contributed by atoms with Crippen molar-refractivity contribution in [3.8, 4) is 0 Å². The van der Waals surface area contributed by atoms with Crippen molar-refractivity contribution in [3.63, 3.8) is 0 Å². The fraction of sp³-hybridized carbons (Fsp3) is 0. The molecular formula is O2Sn2. The molecule has 0 rings (SSSR count). The van der Waals surface area contributed by atoms with Gasteiger partial charge in [0.25, 0.3) is 0 Å². The van der Waals surface area contributed by atoms with Gasteiger partial charge in [0.1, 0.15) is 0 Å². The third-order valence-corrected chi connectivity index (χ3v) is 0. The normalized spacial score (nSPS) is 2.00. The molecule has 0 aromatic rings. The van der Waals surface area contributed by atoms with Crippen molar-refractivity contribution in [3.05, 3.63) is 0 Å². The second-order valence-electron chi connectivity index (χ2n) is 0.0833. The molecule has 0 aromatic carbocycles. The summed E-state index contributed by atoms with van der Waals surface area (Å²) < 4.78 is 17.1. The van der Waals surface area contributed by atoms with Crippen LogP contribution in [-0.2, 0) is 6.15 Å². The van der Waals surface area contributed by atoms with Gasteiger partial charge in [0.2, 0.25) is 0 Å². The van der Waals surface area contributed by atoms with Gasteiger partial charge in [-0.15, -0.1) is 0 Å². The van der Waals surface area contributed by atoms with Crippen LogP contribution in [0, 0.1) is 0 Å². The molecule has 4 heavy (non-hydrogen) atoms. The molecule has 0 aromatic heterocycles. The summed E-state index contributed by atoms with van der Waals surface area (Å²) in [5, 5.41) is 0. The molecule has 20 valence electrons. The zero-order chi connectivity index (χ0) is 2.71. The van der Waals surface area contributed by atoms with Crippen LogP contribution >= 0.6 is 0 Å². The summed E-state index contributed by atoms with van der Waals surface area (Å²) in [5.74, 6) is 0. The molecule has 0 bridgehead atoms. The molecule has 0 atom stereocenters. The second-order valence-corrected chi connectivity index (χ2v) is 0.559. The Kier molecular flexibility index (Phi) is 19.9. The first-order chi connectivity index (χ1) is 1.41. The first-order valence-corrected chi connectivity index (χ1v) is 2.74. The van der Waals surface area contributed by atoms with E-state index in [2.05, 4.69) is 0 Å². The molecule has 0 spiro atoms. The molecule has 0 amide bonds. The van der Waals surface area contributed by atoms with Crippen LogP contribution in [0.25, 0.3) is 0 Å². The van der Waals surface area contributed by atoms with Crippen molar-refractivity contribution in [2.24, 2.45) is 0 Å². The van der Waals surface area contributed by atoms with E-state index >= 15 is 0 Å². The molecule has 0 aliphatic heterocycles. The topological polar surface area (TPSA) is 34.1 Å². The molecular weight excluding hydrogens is 269 g/mol. The van der Waals surface area contributed by atoms with Crippen LogP contribution in [0.4, 0.5) is 0 Å². The van der Waals surface area contributed by atoms with Crippen molar-refractivity contribution < 1.29 is 6.15 Å².